The molecule has 5 heteroatoms. The first-order valence-electron chi connectivity index (χ1n) is 5.96. The van der Waals surface area contributed by atoms with Gasteiger partial charge < -0.3 is 10.1 Å². The minimum Gasteiger partial charge on any atom is -0.378 e. The Kier molecular flexibility index (Phi) is 4.54. The zero-order valence-corrected chi connectivity index (χ0v) is 11.8. The Labute approximate surface area is 117 Å². The van der Waals surface area contributed by atoms with E-state index in [1.54, 1.807) is 18.2 Å². The standard InChI is InChI=1S/C13H16ClNO2S/c1-8-9(4-5-17-8)7-15-13(16)11-6-10(18)2-3-12(11)14/h2-3,6,8-9,18H,4-5,7H2,1H3,(H,15,16). The van der Waals surface area contributed by atoms with Gasteiger partial charge in [-0.3, -0.25) is 4.79 Å². The molecular weight excluding hydrogens is 270 g/mol. The van der Waals surface area contributed by atoms with E-state index in [1.165, 1.54) is 0 Å². The number of hydrogen-bond acceptors (Lipinski definition) is 3. The van der Waals surface area contributed by atoms with Crippen molar-refractivity contribution in [3.8, 4) is 0 Å². The van der Waals surface area contributed by atoms with Crippen LogP contribution in [0.5, 0.6) is 0 Å². The van der Waals surface area contributed by atoms with Crippen LogP contribution in [0.15, 0.2) is 23.1 Å². The maximum absolute atomic E-state index is 12.0. The maximum atomic E-state index is 12.0. The van der Waals surface area contributed by atoms with Gasteiger partial charge in [0.2, 0.25) is 0 Å². The molecule has 0 aliphatic carbocycles. The van der Waals surface area contributed by atoms with Crippen LogP contribution in [-0.4, -0.2) is 25.2 Å². The SMILES string of the molecule is CC1OCCC1CNC(=O)c1cc(S)ccc1Cl. The highest BCUT2D eigenvalue weighted by molar-refractivity contribution is 7.80. The summed E-state index contributed by atoms with van der Waals surface area (Å²) in [5.41, 5.74) is 0.468. The molecule has 1 heterocycles. The number of halogens is 1. The molecule has 1 aromatic carbocycles. The van der Waals surface area contributed by atoms with E-state index in [-0.39, 0.29) is 12.0 Å². The van der Waals surface area contributed by atoms with Crippen LogP contribution in [0.4, 0.5) is 0 Å². The predicted molar refractivity (Wildman–Crippen MR) is 74.6 cm³/mol. The molecule has 1 N–H and O–H groups in total. The third kappa shape index (κ3) is 3.19. The van der Waals surface area contributed by atoms with Gasteiger partial charge in [0.05, 0.1) is 16.7 Å². The van der Waals surface area contributed by atoms with E-state index < -0.39 is 0 Å². The van der Waals surface area contributed by atoms with Gasteiger partial charge in [-0.05, 0) is 31.5 Å². The lowest BCUT2D eigenvalue weighted by Gasteiger charge is -2.15. The number of carbonyl (C=O) groups excluding carboxylic acids is 1. The van der Waals surface area contributed by atoms with Crippen LogP contribution in [0.25, 0.3) is 0 Å². The first kappa shape index (κ1) is 13.7. The highest BCUT2D eigenvalue weighted by atomic mass is 35.5. The number of ether oxygens (including phenoxy) is 1. The molecule has 2 rings (SSSR count). The van der Waals surface area contributed by atoms with Crippen molar-refractivity contribution in [2.45, 2.75) is 24.3 Å². The summed E-state index contributed by atoms with van der Waals surface area (Å²) < 4.78 is 5.46. The molecule has 1 aromatic rings. The largest absolute Gasteiger partial charge is 0.378 e. The van der Waals surface area contributed by atoms with Gasteiger partial charge in [0.15, 0.2) is 0 Å². The van der Waals surface area contributed by atoms with E-state index in [0.717, 1.165) is 17.9 Å². The van der Waals surface area contributed by atoms with Crippen LogP contribution < -0.4 is 5.32 Å². The average molecular weight is 286 g/mol. The summed E-state index contributed by atoms with van der Waals surface area (Å²) in [7, 11) is 0. The van der Waals surface area contributed by atoms with Gasteiger partial charge in [0.25, 0.3) is 5.91 Å². The summed E-state index contributed by atoms with van der Waals surface area (Å²) in [5, 5.41) is 3.35. The topological polar surface area (TPSA) is 38.3 Å². The lowest BCUT2D eigenvalue weighted by atomic mass is 10.0. The highest BCUT2D eigenvalue weighted by Gasteiger charge is 2.24. The number of benzene rings is 1. The van der Waals surface area contributed by atoms with E-state index in [2.05, 4.69) is 17.9 Å². The van der Waals surface area contributed by atoms with E-state index in [1.807, 2.05) is 6.92 Å². The molecule has 0 saturated carbocycles. The fourth-order valence-corrected chi connectivity index (χ4v) is 2.46. The maximum Gasteiger partial charge on any atom is 0.252 e. The molecule has 2 unspecified atom stereocenters. The molecule has 1 fully saturated rings. The Morgan fingerprint density at radius 1 is 1.61 bits per heavy atom. The summed E-state index contributed by atoms with van der Waals surface area (Å²) >= 11 is 10.2. The van der Waals surface area contributed by atoms with Crippen molar-refractivity contribution in [2.24, 2.45) is 5.92 Å². The van der Waals surface area contributed by atoms with Crippen molar-refractivity contribution >= 4 is 30.1 Å². The number of nitrogens with one attached hydrogen (secondary N) is 1. The third-order valence-electron chi connectivity index (χ3n) is 3.25. The molecule has 3 nitrogen and oxygen atoms in total. The summed E-state index contributed by atoms with van der Waals surface area (Å²) in [4.78, 5) is 12.7. The molecule has 0 bridgehead atoms. The molecule has 98 valence electrons. The number of hydrogen-bond donors (Lipinski definition) is 2. The van der Waals surface area contributed by atoms with Crippen LogP contribution >= 0.6 is 24.2 Å². The van der Waals surface area contributed by atoms with Gasteiger partial charge in [-0.1, -0.05) is 11.6 Å². The summed E-state index contributed by atoms with van der Waals surface area (Å²) in [6.45, 7) is 3.42. The first-order chi connectivity index (χ1) is 8.58. The summed E-state index contributed by atoms with van der Waals surface area (Å²) in [5.74, 6) is 0.224. The van der Waals surface area contributed by atoms with E-state index >= 15 is 0 Å². The average Bonchev–Trinajstić information content (AvgIpc) is 2.75. The Morgan fingerprint density at radius 3 is 3.06 bits per heavy atom. The van der Waals surface area contributed by atoms with Crippen LogP contribution in [0.2, 0.25) is 5.02 Å². The molecule has 0 radical (unpaired) electrons. The van der Waals surface area contributed by atoms with Gasteiger partial charge in [-0.2, -0.15) is 0 Å². The zero-order chi connectivity index (χ0) is 13.1. The Hall–Kier alpha value is -0.710. The quantitative estimate of drug-likeness (QED) is 0.838. The van der Waals surface area contributed by atoms with Crippen LogP contribution in [0.1, 0.15) is 23.7 Å². The second-order valence-electron chi connectivity index (χ2n) is 4.50. The van der Waals surface area contributed by atoms with Gasteiger partial charge >= 0.3 is 0 Å². The molecule has 1 aliphatic heterocycles. The number of thiol groups is 1. The molecule has 1 amide bonds. The molecule has 0 spiro atoms. The van der Waals surface area contributed by atoms with Crippen molar-refractivity contribution in [2.75, 3.05) is 13.2 Å². The smallest absolute Gasteiger partial charge is 0.252 e. The predicted octanol–water partition coefficient (Wildman–Crippen LogP) is 2.78. The fourth-order valence-electron chi connectivity index (χ4n) is 2.05. The molecule has 0 aromatic heterocycles. The molecular formula is C13H16ClNO2S. The molecule has 2 atom stereocenters. The van der Waals surface area contributed by atoms with Gasteiger partial charge in [-0.15, -0.1) is 12.6 Å². The molecule has 18 heavy (non-hydrogen) atoms. The Balaban J connectivity index is 1.97. The number of amides is 1. The second kappa shape index (κ2) is 5.95. The minimum absolute atomic E-state index is 0.157. The lowest BCUT2D eigenvalue weighted by Crippen LogP contribution is -2.32. The van der Waals surface area contributed by atoms with Crippen LogP contribution in [0.3, 0.4) is 0 Å². The number of carbonyl (C=O) groups is 1. The highest BCUT2D eigenvalue weighted by Crippen LogP contribution is 2.21. The van der Waals surface area contributed by atoms with Gasteiger partial charge in [0, 0.05) is 24.0 Å². The minimum atomic E-state index is -0.157. The van der Waals surface area contributed by atoms with Crippen LogP contribution in [-0.2, 0) is 4.74 Å². The van der Waals surface area contributed by atoms with Crippen molar-refractivity contribution in [3.05, 3.63) is 28.8 Å². The molecule has 1 saturated heterocycles. The number of rotatable bonds is 3. The lowest BCUT2D eigenvalue weighted by molar-refractivity contribution is 0.0907. The van der Waals surface area contributed by atoms with Crippen molar-refractivity contribution in [1.29, 1.82) is 0 Å². The van der Waals surface area contributed by atoms with Gasteiger partial charge in [0.1, 0.15) is 0 Å². The van der Waals surface area contributed by atoms with E-state index in [0.29, 0.717) is 23.0 Å². The monoisotopic (exact) mass is 285 g/mol. The van der Waals surface area contributed by atoms with Gasteiger partial charge in [-0.25, -0.2) is 0 Å². The van der Waals surface area contributed by atoms with E-state index in [9.17, 15) is 4.79 Å². The van der Waals surface area contributed by atoms with Crippen molar-refractivity contribution < 1.29 is 9.53 Å². The van der Waals surface area contributed by atoms with Crippen molar-refractivity contribution in [1.82, 2.24) is 5.32 Å². The van der Waals surface area contributed by atoms with Crippen LogP contribution in [0, 0.1) is 5.92 Å². The summed E-state index contributed by atoms with van der Waals surface area (Å²) in [6.07, 6.45) is 1.19. The first-order valence-corrected chi connectivity index (χ1v) is 6.79. The zero-order valence-electron chi connectivity index (χ0n) is 10.1. The second-order valence-corrected chi connectivity index (χ2v) is 5.42. The normalized spacial score (nSPS) is 23.1. The third-order valence-corrected chi connectivity index (χ3v) is 3.86. The summed E-state index contributed by atoms with van der Waals surface area (Å²) in [6, 6.07) is 5.12. The molecule has 1 aliphatic rings. The fraction of sp³-hybridized carbons (Fsp3) is 0.462. The Morgan fingerprint density at radius 2 is 2.39 bits per heavy atom. The Bertz CT molecular complexity index is 453. The van der Waals surface area contributed by atoms with E-state index in [4.69, 9.17) is 16.3 Å². The van der Waals surface area contributed by atoms with Crippen molar-refractivity contribution in [3.63, 3.8) is 0 Å².